The van der Waals surface area contributed by atoms with Crippen LogP contribution in [0.1, 0.15) is 37.0 Å². The summed E-state index contributed by atoms with van der Waals surface area (Å²) >= 11 is 0. The highest BCUT2D eigenvalue weighted by atomic mass is 16.3. The van der Waals surface area contributed by atoms with Crippen LogP contribution in [0.15, 0.2) is 24.3 Å². The van der Waals surface area contributed by atoms with E-state index in [2.05, 4.69) is 17.9 Å². The number of hydrogen-bond acceptors (Lipinski definition) is 3. The molecule has 1 fully saturated rings. The van der Waals surface area contributed by atoms with Crippen LogP contribution in [0.4, 0.5) is 0 Å². The second-order valence-corrected chi connectivity index (χ2v) is 6.46. The van der Waals surface area contributed by atoms with Gasteiger partial charge in [0.05, 0.1) is 6.10 Å². The Balaban J connectivity index is 1.78. The number of fused-ring (bicyclic) bond motifs is 1. The largest absolute Gasteiger partial charge is 0.396 e. The second kappa shape index (κ2) is 4.89. The van der Waals surface area contributed by atoms with Crippen molar-refractivity contribution >= 4 is 0 Å². The van der Waals surface area contributed by atoms with Crippen molar-refractivity contribution in [2.75, 3.05) is 19.7 Å². The molecule has 0 aromatic heterocycles. The van der Waals surface area contributed by atoms with Crippen molar-refractivity contribution in [3.63, 3.8) is 0 Å². The van der Waals surface area contributed by atoms with Crippen LogP contribution in [0, 0.1) is 5.41 Å². The molecule has 1 saturated heterocycles. The van der Waals surface area contributed by atoms with Crippen LogP contribution >= 0.6 is 0 Å². The van der Waals surface area contributed by atoms with Gasteiger partial charge in [0.2, 0.25) is 0 Å². The molecule has 1 aromatic rings. The minimum atomic E-state index is -0.378. The van der Waals surface area contributed by atoms with Gasteiger partial charge in [0.15, 0.2) is 0 Å². The molecule has 1 aliphatic carbocycles. The summed E-state index contributed by atoms with van der Waals surface area (Å²) < 4.78 is 0. The summed E-state index contributed by atoms with van der Waals surface area (Å²) in [6, 6.07) is 8.38. The Morgan fingerprint density at radius 2 is 2.16 bits per heavy atom. The van der Waals surface area contributed by atoms with Crippen LogP contribution in [0.5, 0.6) is 0 Å². The minimum absolute atomic E-state index is 0.00720. The van der Waals surface area contributed by atoms with Crippen LogP contribution in [-0.2, 0) is 6.42 Å². The fourth-order valence-electron chi connectivity index (χ4n) is 3.65. The number of rotatable bonds is 2. The quantitative estimate of drug-likeness (QED) is 0.852. The van der Waals surface area contributed by atoms with Gasteiger partial charge in [-0.05, 0) is 36.9 Å². The molecule has 3 atom stereocenters. The van der Waals surface area contributed by atoms with E-state index in [0.29, 0.717) is 0 Å². The van der Waals surface area contributed by atoms with Gasteiger partial charge in [-0.3, -0.25) is 4.90 Å². The molecular formula is C16H23NO2. The summed E-state index contributed by atoms with van der Waals surface area (Å²) in [6.07, 6.45) is 2.74. The third-order valence-corrected chi connectivity index (χ3v) is 4.83. The highest BCUT2D eigenvalue weighted by Crippen LogP contribution is 2.38. The van der Waals surface area contributed by atoms with Gasteiger partial charge < -0.3 is 10.2 Å². The van der Waals surface area contributed by atoms with Crippen molar-refractivity contribution in [1.29, 1.82) is 0 Å². The van der Waals surface area contributed by atoms with E-state index in [1.807, 2.05) is 18.2 Å². The number of piperidine rings is 1. The molecule has 0 spiro atoms. The zero-order chi connectivity index (χ0) is 13.5. The van der Waals surface area contributed by atoms with E-state index < -0.39 is 0 Å². The molecule has 3 nitrogen and oxygen atoms in total. The molecule has 3 rings (SSSR count). The van der Waals surface area contributed by atoms with E-state index in [9.17, 15) is 10.2 Å². The molecule has 3 heteroatoms. The molecule has 1 heterocycles. The molecule has 0 radical (unpaired) electrons. The first kappa shape index (κ1) is 13.1. The van der Waals surface area contributed by atoms with Crippen molar-refractivity contribution < 1.29 is 10.2 Å². The topological polar surface area (TPSA) is 43.7 Å². The summed E-state index contributed by atoms with van der Waals surface area (Å²) in [5, 5.41) is 20.1. The highest BCUT2D eigenvalue weighted by molar-refractivity contribution is 5.36. The first-order chi connectivity index (χ1) is 9.13. The van der Waals surface area contributed by atoms with Crippen molar-refractivity contribution in [1.82, 2.24) is 4.90 Å². The fraction of sp³-hybridized carbons (Fsp3) is 0.625. The first-order valence-electron chi connectivity index (χ1n) is 7.24. The first-order valence-corrected chi connectivity index (χ1v) is 7.24. The minimum Gasteiger partial charge on any atom is -0.396 e. The number of hydrogen-bond donors (Lipinski definition) is 2. The van der Waals surface area contributed by atoms with Crippen LogP contribution in [0.25, 0.3) is 0 Å². The van der Waals surface area contributed by atoms with E-state index >= 15 is 0 Å². The molecule has 104 valence electrons. The lowest BCUT2D eigenvalue weighted by Crippen LogP contribution is -2.49. The summed E-state index contributed by atoms with van der Waals surface area (Å²) in [4.78, 5) is 2.38. The fourth-order valence-corrected chi connectivity index (χ4v) is 3.65. The molecule has 1 aliphatic heterocycles. The number of benzene rings is 1. The van der Waals surface area contributed by atoms with Crippen LogP contribution < -0.4 is 0 Å². The van der Waals surface area contributed by atoms with Gasteiger partial charge in [0.25, 0.3) is 0 Å². The Kier molecular flexibility index (Phi) is 3.37. The molecular weight excluding hydrogens is 238 g/mol. The Morgan fingerprint density at radius 3 is 2.89 bits per heavy atom. The molecule has 3 unspecified atom stereocenters. The maximum Gasteiger partial charge on any atom is 0.0951 e. The smallest absolute Gasteiger partial charge is 0.0951 e. The normalized spacial score (nSPS) is 35.3. The van der Waals surface area contributed by atoms with Gasteiger partial charge in [0.1, 0.15) is 0 Å². The lowest BCUT2D eigenvalue weighted by molar-refractivity contribution is -0.0114. The van der Waals surface area contributed by atoms with Crippen molar-refractivity contribution in [2.24, 2.45) is 5.41 Å². The van der Waals surface area contributed by atoms with Gasteiger partial charge in [-0.25, -0.2) is 0 Å². The molecule has 19 heavy (non-hydrogen) atoms. The highest BCUT2D eigenvalue weighted by Gasteiger charge is 2.39. The molecule has 2 aliphatic rings. The van der Waals surface area contributed by atoms with E-state index in [1.54, 1.807) is 0 Å². The van der Waals surface area contributed by atoms with Gasteiger partial charge in [-0.15, -0.1) is 0 Å². The molecule has 0 bridgehead atoms. The Morgan fingerprint density at radius 1 is 1.37 bits per heavy atom. The number of aliphatic hydroxyl groups is 2. The average molecular weight is 261 g/mol. The van der Waals surface area contributed by atoms with Crippen LogP contribution in [-0.4, -0.2) is 40.9 Å². The maximum absolute atomic E-state index is 10.5. The number of likely N-dealkylation sites (tertiary alicyclic amines) is 1. The third kappa shape index (κ3) is 2.31. The van der Waals surface area contributed by atoms with E-state index in [1.165, 1.54) is 5.56 Å². The van der Waals surface area contributed by atoms with Gasteiger partial charge in [0, 0.05) is 24.6 Å². The lowest BCUT2D eigenvalue weighted by Gasteiger charge is -2.43. The molecule has 0 saturated carbocycles. The van der Waals surface area contributed by atoms with Crippen LogP contribution in [0.3, 0.4) is 0 Å². The number of nitrogens with zero attached hydrogens (tertiary/aromatic N) is 1. The van der Waals surface area contributed by atoms with Crippen LogP contribution in [0.2, 0.25) is 0 Å². The second-order valence-electron chi connectivity index (χ2n) is 6.46. The van der Waals surface area contributed by atoms with E-state index in [4.69, 9.17) is 0 Å². The predicted molar refractivity (Wildman–Crippen MR) is 74.9 cm³/mol. The average Bonchev–Trinajstić information content (AvgIpc) is 2.77. The Labute approximate surface area is 114 Å². The van der Waals surface area contributed by atoms with Crippen molar-refractivity contribution in [3.05, 3.63) is 35.4 Å². The summed E-state index contributed by atoms with van der Waals surface area (Å²) in [5.41, 5.74) is 2.35. The van der Waals surface area contributed by atoms with Gasteiger partial charge >= 0.3 is 0 Å². The van der Waals surface area contributed by atoms with Crippen molar-refractivity contribution in [2.45, 2.75) is 38.3 Å². The van der Waals surface area contributed by atoms with Crippen molar-refractivity contribution in [3.8, 4) is 0 Å². The SMILES string of the molecule is CC1(CO)CCCN(C2Cc3ccccc3C2O)C1. The zero-order valence-corrected chi connectivity index (χ0v) is 11.5. The Bertz CT molecular complexity index is 462. The Hall–Kier alpha value is -0.900. The van der Waals surface area contributed by atoms with E-state index in [0.717, 1.165) is 37.9 Å². The van der Waals surface area contributed by atoms with Gasteiger partial charge in [-0.1, -0.05) is 31.2 Å². The number of aliphatic hydroxyl groups excluding tert-OH is 2. The lowest BCUT2D eigenvalue weighted by atomic mass is 9.82. The monoisotopic (exact) mass is 261 g/mol. The van der Waals surface area contributed by atoms with E-state index in [-0.39, 0.29) is 24.2 Å². The summed E-state index contributed by atoms with van der Waals surface area (Å²) in [5.74, 6) is 0. The van der Waals surface area contributed by atoms with Gasteiger partial charge in [-0.2, -0.15) is 0 Å². The molecule has 0 amide bonds. The zero-order valence-electron chi connectivity index (χ0n) is 11.5. The summed E-state index contributed by atoms with van der Waals surface area (Å²) in [6.45, 7) is 4.30. The predicted octanol–water partition coefficient (Wildman–Crippen LogP) is 1.74. The standard InChI is InChI=1S/C16H23NO2/c1-16(11-18)7-4-8-17(10-16)14-9-12-5-2-3-6-13(12)15(14)19/h2-3,5-6,14-15,18-19H,4,7-11H2,1H3. The maximum atomic E-state index is 10.5. The molecule has 1 aromatic carbocycles. The summed E-state index contributed by atoms with van der Waals surface area (Å²) in [7, 11) is 0. The molecule has 2 N–H and O–H groups in total. The third-order valence-electron chi connectivity index (χ3n) is 4.83.